The fourth-order valence-corrected chi connectivity index (χ4v) is 5.82. The number of hydrogen-bond donors (Lipinski definition) is 1. The van der Waals surface area contributed by atoms with E-state index in [-0.39, 0.29) is 10.7 Å². The minimum absolute atomic E-state index is 0.237. The summed E-state index contributed by atoms with van der Waals surface area (Å²) in [5.41, 5.74) is 3.46. The average molecular weight is 406 g/mol. The molecule has 1 aliphatic heterocycles. The highest BCUT2D eigenvalue weighted by Gasteiger charge is 2.39. The molecule has 2 heterocycles. The zero-order valence-electron chi connectivity index (χ0n) is 15.5. The van der Waals surface area contributed by atoms with E-state index in [0.29, 0.717) is 18.5 Å². The first-order valence-electron chi connectivity index (χ1n) is 9.47. The highest BCUT2D eigenvalue weighted by molar-refractivity contribution is 7.89. The van der Waals surface area contributed by atoms with Crippen molar-refractivity contribution < 1.29 is 12.8 Å². The van der Waals surface area contributed by atoms with Gasteiger partial charge in [0, 0.05) is 23.1 Å². The molecule has 0 saturated heterocycles. The number of hydrogen-bond acceptors (Lipinski definition) is 2. The number of halogens is 1. The van der Waals surface area contributed by atoms with E-state index < -0.39 is 16.1 Å². The molecule has 0 spiro atoms. The fourth-order valence-electron chi connectivity index (χ4n) is 4.22. The van der Waals surface area contributed by atoms with Crippen LogP contribution in [0.3, 0.4) is 0 Å². The molecule has 146 valence electrons. The normalized spacial score (nSPS) is 17.3. The third kappa shape index (κ3) is 2.96. The lowest BCUT2D eigenvalue weighted by Gasteiger charge is -2.35. The van der Waals surface area contributed by atoms with Crippen molar-refractivity contribution in [2.75, 3.05) is 6.54 Å². The molecule has 0 bridgehead atoms. The molecule has 4 aromatic rings. The molecule has 1 atom stereocenters. The van der Waals surface area contributed by atoms with Gasteiger partial charge < -0.3 is 4.98 Å². The van der Waals surface area contributed by atoms with E-state index in [9.17, 15) is 12.8 Å². The maximum atomic E-state index is 14.1. The summed E-state index contributed by atoms with van der Waals surface area (Å²) in [4.78, 5) is 3.65. The largest absolute Gasteiger partial charge is 0.357 e. The second-order valence-electron chi connectivity index (χ2n) is 7.20. The molecule has 29 heavy (non-hydrogen) atoms. The molecule has 0 fully saturated rings. The minimum Gasteiger partial charge on any atom is -0.357 e. The first kappa shape index (κ1) is 18.1. The smallest absolute Gasteiger partial charge is 0.244 e. The number of sulfonamides is 1. The van der Waals surface area contributed by atoms with Crippen molar-refractivity contribution in [3.8, 4) is 0 Å². The Kier molecular flexibility index (Phi) is 4.26. The quantitative estimate of drug-likeness (QED) is 0.539. The van der Waals surface area contributed by atoms with Crippen molar-refractivity contribution in [1.29, 1.82) is 0 Å². The predicted octanol–water partition coefficient (Wildman–Crippen LogP) is 4.64. The SMILES string of the molecule is O=S(=O)(c1ccccc1)N1CCc2c([nH]c3ccccc23)C1c1cccc(F)c1. The van der Waals surface area contributed by atoms with Crippen molar-refractivity contribution in [2.45, 2.75) is 17.4 Å². The molecule has 0 saturated carbocycles. The van der Waals surface area contributed by atoms with Crippen molar-refractivity contribution in [3.63, 3.8) is 0 Å². The fraction of sp³-hybridized carbons (Fsp3) is 0.130. The number of nitrogens with zero attached hydrogens (tertiary/aromatic N) is 1. The molecule has 1 aliphatic rings. The van der Waals surface area contributed by atoms with E-state index in [2.05, 4.69) is 4.98 Å². The van der Waals surface area contributed by atoms with Gasteiger partial charge >= 0.3 is 0 Å². The Morgan fingerprint density at radius 1 is 0.931 bits per heavy atom. The molecule has 0 amide bonds. The van der Waals surface area contributed by atoms with Gasteiger partial charge in [0.25, 0.3) is 0 Å². The summed E-state index contributed by atoms with van der Waals surface area (Å²) in [7, 11) is -3.76. The average Bonchev–Trinajstić information content (AvgIpc) is 3.12. The van der Waals surface area contributed by atoms with Crippen LogP contribution in [0.25, 0.3) is 10.9 Å². The van der Waals surface area contributed by atoms with Crippen LogP contribution in [0.1, 0.15) is 22.9 Å². The zero-order chi connectivity index (χ0) is 20.0. The van der Waals surface area contributed by atoms with Crippen LogP contribution in [0.5, 0.6) is 0 Å². The monoisotopic (exact) mass is 406 g/mol. The van der Waals surface area contributed by atoms with Crippen LogP contribution in [0, 0.1) is 5.82 Å². The van der Waals surface area contributed by atoms with Crippen LogP contribution >= 0.6 is 0 Å². The summed E-state index contributed by atoms with van der Waals surface area (Å²) < 4.78 is 42.6. The lowest BCUT2D eigenvalue weighted by molar-refractivity contribution is 0.340. The van der Waals surface area contributed by atoms with Crippen molar-refractivity contribution in [1.82, 2.24) is 9.29 Å². The first-order valence-corrected chi connectivity index (χ1v) is 10.9. The molecule has 3 aromatic carbocycles. The first-order chi connectivity index (χ1) is 14.1. The van der Waals surface area contributed by atoms with Crippen LogP contribution < -0.4 is 0 Å². The molecule has 5 rings (SSSR count). The molecule has 1 unspecified atom stereocenters. The third-order valence-electron chi connectivity index (χ3n) is 5.50. The molecular weight excluding hydrogens is 387 g/mol. The number of nitrogens with one attached hydrogen (secondary N) is 1. The highest BCUT2D eigenvalue weighted by atomic mass is 32.2. The van der Waals surface area contributed by atoms with Crippen LogP contribution in [0.4, 0.5) is 4.39 Å². The van der Waals surface area contributed by atoms with Gasteiger partial charge in [-0.3, -0.25) is 0 Å². The number of fused-ring (bicyclic) bond motifs is 3. The van der Waals surface area contributed by atoms with Crippen molar-refractivity contribution >= 4 is 20.9 Å². The second kappa shape index (κ2) is 6.83. The molecule has 6 heteroatoms. The molecule has 0 aliphatic carbocycles. The van der Waals surface area contributed by atoms with E-state index in [0.717, 1.165) is 22.2 Å². The van der Waals surface area contributed by atoms with Gasteiger partial charge in [0.05, 0.1) is 10.9 Å². The minimum atomic E-state index is -3.76. The lowest BCUT2D eigenvalue weighted by atomic mass is 9.94. The number of H-pyrrole nitrogens is 1. The highest BCUT2D eigenvalue weighted by Crippen LogP contribution is 2.41. The molecular formula is C23H19FN2O2S. The van der Waals surface area contributed by atoms with E-state index in [4.69, 9.17) is 0 Å². The van der Waals surface area contributed by atoms with Crippen molar-refractivity contribution in [2.24, 2.45) is 0 Å². The van der Waals surface area contributed by atoms with E-state index in [1.165, 1.54) is 16.4 Å². The topological polar surface area (TPSA) is 53.2 Å². The summed E-state index contributed by atoms with van der Waals surface area (Å²) in [6.07, 6.45) is 0.594. The molecule has 0 radical (unpaired) electrons. The van der Waals surface area contributed by atoms with Gasteiger partial charge in [-0.15, -0.1) is 0 Å². The van der Waals surface area contributed by atoms with E-state index >= 15 is 0 Å². The zero-order valence-corrected chi connectivity index (χ0v) is 16.4. The van der Waals surface area contributed by atoms with Gasteiger partial charge in [0.15, 0.2) is 0 Å². The van der Waals surface area contributed by atoms with Crippen LogP contribution in [0.15, 0.2) is 83.8 Å². The number of para-hydroxylation sites is 1. The lowest BCUT2D eigenvalue weighted by Crippen LogP contribution is -2.40. The Labute approximate surface area is 168 Å². The van der Waals surface area contributed by atoms with E-state index in [1.54, 1.807) is 42.5 Å². The number of aromatic nitrogens is 1. The Morgan fingerprint density at radius 3 is 2.48 bits per heavy atom. The van der Waals surface area contributed by atoms with Crippen LogP contribution in [0.2, 0.25) is 0 Å². The number of aromatic amines is 1. The van der Waals surface area contributed by atoms with Gasteiger partial charge in [-0.05, 0) is 47.9 Å². The Bertz CT molecular complexity index is 1300. The Morgan fingerprint density at radius 2 is 1.69 bits per heavy atom. The maximum absolute atomic E-state index is 14.1. The Balaban J connectivity index is 1.73. The van der Waals surface area contributed by atoms with Gasteiger partial charge in [-0.2, -0.15) is 4.31 Å². The Hall–Kier alpha value is -2.96. The second-order valence-corrected chi connectivity index (χ2v) is 9.09. The van der Waals surface area contributed by atoms with Gasteiger partial charge in [0.1, 0.15) is 5.82 Å². The molecule has 1 aromatic heterocycles. The number of rotatable bonds is 3. The summed E-state index contributed by atoms with van der Waals surface area (Å²) in [5, 5.41) is 1.08. The van der Waals surface area contributed by atoms with E-state index in [1.807, 2.05) is 24.3 Å². The van der Waals surface area contributed by atoms with Gasteiger partial charge in [0.2, 0.25) is 10.0 Å². The maximum Gasteiger partial charge on any atom is 0.244 e. The van der Waals surface area contributed by atoms with Crippen LogP contribution in [-0.2, 0) is 16.4 Å². The third-order valence-corrected chi connectivity index (χ3v) is 7.38. The molecule has 1 N–H and O–H groups in total. The van der Waals surface area contributed by atoms with Crippen molar-refractivity contribution in [3.05, 3.63) is 102 Å². The predicted molar refractivity (Wildman–Crippen MR) is 111 cm³/mol. The molecule has 4 nitrogen and oxygen atoms in total. The number of benzene rings is 3. The summed E-state index contributed by atoms with van der Waals surface area (Å²) >= 11 is 0. The summed E-state index contributed by atoms with van der Waals surface area (Å²) in [5.74, 6) is -0.386. The van der Waals surface area contributed by atoms with Gasteiger partial charge in [-0.1, -0.05) is 48.5 Å². The summed E-state index contributed by atoms with van der Waals surface area (Å²) in [6, 6.07) is 21.9. The van der Waals surface area contributed by atoms with Crippen LogP contribution in [-0.4, -0.2) is 24.3 Å². The standard InChI is InChI=1S/C23H19FN2O2S/c24-17-8-6-7-16(15-17)23-22-20(19-11-4-5-12-21(19)25-22)13-14-26(23)29(27,28)18-9-2-1-3-10-18/h1-12,15,23,25H,13-14H2. The van der Waals surface area contributed by atoms with Gasteiger partial charge in [-0.25, -0.2) is 12.8 Å². The summed E-state index contributed by atoms with van der Waals surface area (Å²) in [6.45, 7) is 0.327.